The summed E-state index contributed by atoms with van der Waals surface area (Å²) in [5, 5.41) is 0.491. The molecule has 19 heavy (non-hydrogen) atoms. The quantitative estimate of drug-likeness (QED) is 0.695. The Bertz CT molecular complexity index is 467. The van der Waals surface area contributed by atoms with Crippen molar-refractivity contribution in [1.29, 1.82) is 0 Å². The van der Waals surface area contributed by atoms with Crippen LogP contribution in [0.25, 0.3) is 0 Å². The molecule has 1 heterocycles. The van der Waals surface area contributed by atoms with E-state index in [-0.39, 0.29) is 11.9 Å². The standard InChI is InChI=1S/C14H16BrCl2NO/c15-10-5-6-13(17)12(8-10)14(19)18-7-3-1-2-4-11(18)9-16/h5-6,8,11H,1-4,7,9H2. The van der Waals surface area contributed by atoms with Crippen LogP contribution in [0.4, 0.5) is 0 Å². The van der Waals surface area contributed by atoms with E-state index >= 15 is 0 Å². The first kappa shape index (κ1) is 15.1. The number of halogens is 3. The van der Waals surface area contributed by atoms with Crippen LogP contribution < -0.4 is 0 Å². The van der Waals surface area contributed by atoms with Gasteiger partial charge in [0.25, 0.3) is 5.91 Å². The van der Waals surface area contributed by atoms with Gasteiger partial charge in [-0.1, -0.05) is 40.4 Å². The van der Waals surface area contributed by atoms with Gasteiger partial charge in [-0.2, -0.15) is 0 Å². The predicted molar refractivity (Wildman–Crippen MR) is 83.2 cm³/mol. The van der Waals surface area contributed by atoms with E-state index in [0.717, 1.165) is 36.7 Å². The summed E-state index contributed by atoms with van der Waals surface area (Å²) in [4.78, 5) is 14.5. The topological polar surface area (TPSA) is 20.3 Å². The normalized spacial score (nSPS) is 20.2. The molecule has 1 fully saturated rings. The van der Waals surface area contributed by atoms with Crippen molar-refractivity contribution in [3.05, 3.63) is 33.3 Å². The third-order valence-corrected chi connectivity index (χ3v) is 4.65. The van der Waals surface area contributed by atoms with E-state index in [4.69, 9.17) is 23.2 Å². The van der Waals surface area contributed by atoms with Gasteiger partial charge in [-0.05, 0) is 31.0 Å². The summed E-state index contributed by atoms with van der Waals surface area (Å²) in [6.07, 6.45) is 4.29. The van der Waals surface area contributed by atoms with Crippen LogP contribution in [0.15, 0.2) is 22.7 Å². The first-order valence-corrected chi connectivity index (χ1v) is 8.16. The Morgan fingerprint density at radius 3 is 2.89 bits per heavy atom. The summed E-state index contributed by atoms with van der Waals surface area (Å²) in [6, 6.07) is 5.47. The molecule has 1 aromatic rings. The van der Waals surface area contributed by atoms with Crippen molar-refractivity contribution in [2.24, 2.45) is 0 Å². The fourth-order valence-corrected chi connectivity index (χ4v) is 3.30. The summed E-state index contributed by atoms with van der Waals surface area (Å²) in [5.41, 5.74) is 0.549. The van der Waals surface area contributed by atoms with Gasteiger partial charge < -0.3 is 4.90 Å². The zero-order chi connectivity index (χ0) is 13.8. The van der Waals surface area contributed by atoms with Crippen LogP contribution in [-0.4, -0.2) is 29.3 Å². The minimum absolute atomic E-state index is 0.0150. The molecule has 1 saturated heterocycles. The Morgan fingerprint density at radius 1 is 1.37 bits per heavy atom. The molecule has 1 atom stereocenters. The smallest absolute Gasteiger partial charge is 0.255 e. The number of likely N-dealkylation sites (tertiary alicyclic amines) is 1. The van der Waals surface area contributed by atoms with Crippen LogP contribution in [0.5, 0.6) is 0 Å². The molecule has 0 spiro atoms. The second-order valence-electron chi connectivity index (χ2n) is 4.78. The number of hydrogen-bond donors (Lipinski definition) is 0. The second-order valence-corrected chi connectivity index (χ2v) is 6.41. The van der Waals surface area contributed by atoms with Gasteiger partial charge >= 0.3 is 0 Å². The number of carbonyl (C=O) groups is 1. The molecule has 2 rings (SSSR count). The summed E-state index contributed by atoms with van der Waals surface area (Å²) < 4.78 is 0.859. The van der Waals surface area contributed by atoms with E-state index < -0.39 is 0 Å². The van der Waals surface area contributed by atoms with E-state index in [1.165, 1.54) is 0 Å². The number of hydrogen-bond acceptors (Lipinski definition) is 1. The molecular formula is C14H16BrCl2NO. The molecule has 1 aliphatic heterocycles. The summed E-state index contributed by atoms with van der Waals surface area (Å²) in [6.45, 7) is 0.763. The number of nitrogens with zero attached hydrogens (tertiary/aromatic N) is 1. The maximum Gasteiger partial charge on any atom is 0.255 e. The molecule has 0 saturated carbocycles. The van der Waals surface area contributed by atoms with Crippen LogP contribution in [0, 0.1) is 0 Å². The highest BCUT2D eigenvalue weighted by molar-refractivity contribution is 9.10. The fraction of sp³-hybridized carbons (Fsp3) is 0.500. The van der Waals surface area contributed by atoms with Crippen LogP contribution in [-0.2, 0) is 0 Å². The minimum Gasteiger partial charge on any atom is -0.334 e. The van der Waals surface area contributed by atoms with Crippen LogP contribution in [0.3, 0.4) is 0 Å². The first-order valence-electron chi connectivity index (χ1n) is 6.45. The maximum absolute atomic E-state index is 12.7. The number of benzene rings is 1. The third kappa shape index (κ3) is 3.65. The molecule has 5 heteroatoms. The lowest BCUT2D eigenvalue weighted by Crippen LogP contribution is -2.41. The van der Waals surface area contributed by atoms with Gasteiger partial charge in [-0.3, -0.25) is 4.79 Å². The van der Waals surface area contributed by atoms with Gasteiger partial charge in [0.2, 0.25) is 0 Å². The molecule has 1 amide bonds. The Morgan fingerprint density at radius 2 is 2.16 bits per heavy atom. The molecule has 1 unspecified atom stereocenters. The molecule has 0 bridgehead atoms. The van der Waals surface area contributed by atoms with Gasteiger partial charge in [0.15, 0.2) is 0 Å². The van der Waals surface area contributed by atoms with Gasteiger partial charge in [-0.25, -0.2) is 0 Å². The Kier molecular flexibility index (Phi) is 5.55. The van der Waals surface area contributed by atoms with Crippen LogP contribution >= 0.6 is 39.1 Å². The predicted octanol–water partition coefficient (Wildman–Crippen LogP) is 4.73. The Labute approximate surface area is 132 Å². The van der Waals surface area contributed by atoms with Crippen molar-refractivity contribution in [2.45, 2.75) is 31.7 Å². The average Bonchev–Trinajstić information content (AvgIpc) is 2.65. The van der Waals surface area contributed by atoms with Crippen molar-refractivity contribution in [3.63, 3.8) is 0 Å². The molecule has 2 nitrogen and oxygen atoms in total. The molecule has 0 N–H and O–H groups in total. The molecule has 1 aliphatic rings. The van der Waals surface area contributed by atoms with E-state index in [1.54, 1.807) is 12.1 Å². The van der Waals surface area contributed by atoms with Crippen molar-refractivity contribution >= 4 is 45.0 Å². The largest absolute Gasteiger partial charge is 0.334 e. The lowest BCUT2D eigenvalue weighted by atomic mass is 10.1. The SMILES string of the molecule is O=C(c1cc(Br)ccc1Cl)N1CCCCCC1CCl. The van der Waals surface area contributed by atoms with Crippen molar-refractivity contribution in [1.82, 2.24) is 4.90 Å². The number of amides is 1. The van der Waals surface area contributed by atoms with Gasteiger partial charge in [-0.15, -0.1) is 11.6 Å². The molecule has 0 aliphatic carbocycles. The van der Waals surface area contributed by atoms with Crippen molar-refractivity contribution < 1.29 is 4.79 Å². The zero-order valence-electron chi connectivity index (χ0n) is 10.5. The molecule has 1 aromatic carbocycles. The second kappa shape index (κ2) is 6.96. The van der Waals surface area contributed by atoms with Crippen molar-refractivity contribution in [2.75, 3.05) is 12.4 Å². The Balaban J connectivity index is 2.27. The summed E-state index contributed by atoms with van der Waals surface area (Å²) in [7, 11) is 0. The minimum atomic E-state index is -0.0150. The fourth-order valence-electron chi connectivity index (χ4n) is 2.42. The Hall–Kier alpha value is -0.250. The average molecular weight is 365 g/mol. The molecule has 0 aromatic heterocycles. The number of rotatable bonds is 2. The summed E-state index contributed by atoms with van der Waals surface area (Å²) >= 11 is 15.5. The first-order chi connectivity index (χ1) is 9.13. The van der Waals surface area contributed by atoms with E-state index in [1.807, 2.05) is 11.0 Å². The molecule has 104 valence electrons. The monoisotopic (exact) mass is 363 g/mol. The van der Waals surface area contributed by atoms with Crippen LogP contribution in [0.1, 0.15) is 36.0 Å². The van der Waals surface area contributed by atoms with Crippen LogP contribution in [0.2, 0.25) is 5.02 Å². The highest BCUT2D eigenvalue weighted by atomic mass is 79.9. The zero-order valence-corrected chi connectivity index (χ0v) is 13.6. The highest BCUT2D eigenvalue weighted by Gasteiger charge is 2.26. The molecular weight excluding hydrogens is 349 g/mol. The van der Waals surface area contributed by atoms with Crippen molar-refractivity contribution in [3.8, 4) is 0 Å². The van der Waals surface area contributed by atoms with Gasteiger partial charge in [0, 0.05) is 22.9 Å². The van der Waals surface area contributed by atoms with E-state index in [0.29, 0.717) is 16.5 Å². The van der Waals surface area contributed by atoms with Gasteiger partial charge in [0.1, 0.15) is 0 Å². The highest BCUT2D eigenvalue weighted by Crippen LogP contribution is 2.26. The lowest BCUT2D eigenvalue weighted by Gasteiger charge is -2.29. The molecule has 0 radical (unpaired) electrons. The third-order valence-electron chi connectivity index (χ3n) is 3.47. The number of carbonyl (C=O) groups excluding carboxylic acids is 1. The van der Waals surface area contributed by atoms with E-state index in [2.05, 4.69) is 15.9 Å². The van der Waals surface area contributed by atoms with Gasteiger partial charge in [0.05, 0.1) is 10.6 Å². The lowest BCUT2D eigenvalue weighted by molar-refractivity contribution is 0.0700. The summed E-state index contributed by atoms with van der Waals surface area (Å²) in [5.74, 6) is 0.469. The maximum atomic E-state index is 12.7. The van der Waals surface area contributed by atoms with E-state index in [9.17, 15) is 4.79 Å². The number of alkyl halides is 1.